The van der Waals surface area contributed by atoms with Crippen molar-refractivity contribution in [1.29, 1.82) is 0 Å². The molecule has 1 fully saturated rings. The summed E-state index contributed by atoms with van der Waals surface area (Å²) in [5, 5.41) is 0. The first kappa shape index (κ1) is 11.1. The number of halogens is 1. The summed E-state index contributed by atoms with van der Waals surface area (Å²) in [6, 6.07) is 0.280. The second kappa shape index (κ2) is 5.09. The molecular weight excluding hydrogens is 256 g/mol. The van der Waals surface area contributed by atoms with Crippen LogP contribution >= 0.6 is 15.9 Å². The molecule has 1 aliphatic heterocycles. The molecule has 0 bridgehead atoms. The molecule has 2 heterocycles. The number of rotatable bonds is 3. The predicted octanol–water partition coefficient (Wildman–Crippen LogP) is 1.66. The second-order valence-electron chi connectivity index (χ2n) is 3.96. The Morgan fingerprint density at radius 3 is 2.73 bits per heavy atom. The van der Waals surface area contributed by atoms with Crippen LogP contribution in [0.2, 0.25) is 0 Å². The van der Waals surface area contributed by atoms with Gasteiger partial charge in [0.05, 0.1) is 18.1 Å². The van der Waals surface area contributed by atoms with Gasteiger partial charge in [-0.05, 0) is 41.9 Å². The largest absolute Gasteiger partial charge is 0.346 e. The lowest BCUT2D eigenvalue weighted by molar-refractivity contribution is 0.164. The van der Waals surface area contributed by atoms with E-state index in [2.05, 4.69) is 30.8 Å². The third kappa shape index (κ3) is 2.41. The first-order chi connectivity index (χ1) is 7.33. The van der Waals surface area contributed by atoms with Gasteiger partial charge in [0.15, 0.2) is 0 Å². The standard InChI is InChI=1S/C10H17BrN4/c11-10-9(13-7-14-10)8(6-12)15-4-2-1-3-5-15/h7-8H,1-6,12H2,(H,13,14). The number of H-pyrrole nitrogens is 1. The van der Waals surface area contributed by atoms with E-state index in [1.807, 2.05) is 0 Å². The van der Waals surface area contributed by atoms with Gasteiger partial charge in [-0.3, -0.25) is 4.90 Å². The molecule has 1 atom stereocenters. The maximum atomic E-state index is 5.85. The van der Waals surface area contributed by atoms with Crippen molar-refractivity contribution in [3.05, 3.63) is 16.6 Å². The zero-order valence-corrected chi connectivity index (χ0v) is 10.3. The highest BCUT2D eigenvalue weighted by atomic mass is 79.9. The van der Waals surface area contributed by atoms with Gasteiger partial charge in [-0.25, -0.2) is 4.98 Å². The molecule has 15 heavy (non-hydrogen) atoms. The minimum absolute atomic E-state index is 0.280. The maximum absolute atomic E-state index is 5.85. The smallest absolute Gasteiger partial charge is 0.128 e. The Morgan fingerprint density at radius 2 is 2.20 bits per heavy atom. The summed E-state index contributed by atoms with van der Waals surface area (Å²) in [5.74, 6) is 0. The minimum Gasteiger partial charge on any atom is -0.346 e. The Kier molecular flexibility index (Phi) is 3.77. The molecule has 0 saturated carbocycles. The SMILES string of the molecule is NCC(c1[nH]cnc1Br)N1CCCCC1. The Bertz CT molecular complexity index is 306. The van der Waals surface area contributed by atoms with Gasteiger partial charge in [-0.1, -0.05) is 6.42 Å². The minimum atomic E-state index is 0.280. The molecule has 84 valence electrons. The molecule has 0 amide bonds. The Balaban J connectivity index is 2.12. The predicted molar refractivity (Wildman–Crippen MR) is 63.5 cm³/mol. The molecule has 1 saturated heterocycles. The van der Waals surface area contributed by atoms with Gasteiger partial charge in [0.1, 0.15) is 4.60 Å². The van der Waals surface area contributed by atoms with E-state index in [1.165, 1.54) is 19.3 Å². The number of piperidine rings is 1. The number of aromatic nitrogens is 2. The van der Waals surface area contributed by atoms with Crippen molar-refractivity contribution < 1.29 is 0 Å². The summed E-state index contributed by atoms with van der Waals surface area (Å²) in [4.78, 5) is 9.78. The summed E-state index contributed by atoms with van der Waals surface area (Å²) in [5.41, 5.74) is 6.96. The Labute approximate surface area is 98.4 Å². The number of imidazole rings is 1. The average Bonchev–Trinajstić information content (AvgIpc) is 2.68. The molecule has 0 radical (unpaired) electrons. The normalized spacial score (nSPS) is 20.4. The Morgan fingerprint density at radius 1 is 1.47 bits per heavy atom. The highest BCUT2D eigenvalue weighted by Gasteiger charge is 2.23. The van der Waals surface area contributed by atoms with Crippen molar-refractivity contribution in [2.75, 3.05) is 19.6 Å². The van der Waals surface area contributed by atoms with E-state index in [0.29, 0.717) is 6.54 Å². The highest BCUT2D eigenvalue weighted by molar-refractivity contribution is 9.10. The van der Waals surface area contributed by atoms with Crippen molar-refractivity contribution in [3.8, 4) is 0 Å². The van der Waals surface area contributed by atoms with Crippen LogP contribution in [0.25, 0.3) is 0 Å². The van der Waals surface area contributed by atoms with Crippen LogP contribution in [-0.2, 0) is 0 Å². The molecule has 1 aliphatic rings. The zero-order chi connectivity index (χ0) is 10.7. The van der Waals surface area contributed by atoms with Crippen molar-refractivity contribution in [2.45, 2.75) is 25.3 Å². The molecule has 3 N–H and O–H groups in total. The number of nitrogens with zero attached hydrogens (tertiary/aromatic N) is 2. The molecule has 2 rings (SSSR count). The first-order valence-electron chi connectivity index (χ1n) is 5.46. The van der Waals surface area contributed by atoms with Gasteiger partial charge in [0, 0.05) is 6.54 Å². The van der Waals surface area contributed by atoms with Crippen molar-refractivity contribution in [3.63, 3.8) is 0 Å². The van der Waals surface area contributed by atoms with Crippen LogP contribution in [0.4, 0.5) is 0 Å². The van der Waals surface area contributed by atoms with Crippen LogP contribution in [0, 0.1) is 0 Å². The van der Waals surface area contributed by atoms with E-state index in [4.69, 9.17) is 5.73 Å². The van der Waals surface area contributed by atoms with Crippen molar-refractivity contribution >= 4 is 15.9 Å². The average molecular weight is 273 g/mol. The van der Waals surface area contributed by atoms with Gasteiger partial charge in [-0.15, -0.1) is 0 Å². The van der Waals surface area contributed by atoms with Gasteiger partial charge in [-0.2, -0.15) is 0 Å². The summed E-state index contributed by atoms with van der Waals surface area (Å²) in [7, 11) is 0. The van der Waals surface area contributed by atoms with Crippen LogP contribution in [0.15, 0.2) is 10.9 Å². The number of hydrogen-bond acceptors (Lipinski definition) is 3. The number of nitrogens with two attached hydrogens (primary N) is 1. The van der Waals surface area contributed by atoms with Crippen LogP contribution in [0.5, 0.6) is 0 Å². The molecule has 5 heteroatoms. The molecule has 1 unspecified atom stereocenters. The lowest BCUT2D eigenvalue weighted by atomic mass is 10.1. The summed E-state index contributed by atoms with van der Waals surface area (Å²) in [6.45, 7) is 2.93. The highest BCUT2D eigenvalue weighted by Crippen LogP contribution is 2.26. The van der Waals surface area contributed by atoms with Crippen molar-refractivity contribution in [2.24, 2.45) is 5.73 Å². The van der Waals surface area contributed by atoms with E-state index in [0.717, 1.165) is 23.4 Å². The van der Waals surface area contributed by atoms with Gasteiger partial charge in [0.2, 0.25) is 0 Å². The fourth-order valence-corrected chi connectivity index (χ4v) is 2.68. The molecule has 0 aromatic carbocycles. The molecule has 0 spiro atoms. The van der Waals surface area contributed by atoms with Crippen LogP contribution < -0.4 is 5.73 Å². The number of nitrogens with one attached hydrogen (secondary N) is 1. The number of hydrogen-bond donors (Lipinski definition) is 2. The molecule has 1 aromatic rings. The van der Waals surface area contributed by atoms with Crippen LogP contribution in [-0.4, -0.2) is 34.5 Å². The lowest BCUT2D eigenvalue weighted by Crippen LogP contribution is -2.37. The van der Waals surface area contributed by atoms with Crippen LogP contribution in [0.3, 0.4) is 0 Å². The van der Waals surface area contributed by atoms with E-state index in [-0.39, 0.29) is 6.04 Å². The van der Waals surface area contributed by atoms with Crippen molar-refractivity contribution in [1.82, 2.24) is 14.9 Å². The van der Waals surface area contributed by atoms with E-state index < -0.39 is 0 Å². The van der Waals surface area contributed by atoms with E-state index in [9.17, 15) is 0 Å². The number of likely N-dealkylation sites (tertiary alicyclic amines) is 1. The lowest BCUT2D eigenvalue weighted by Gasteiger charge is -2.33. The third-order valence-corrected chi connectivity index (χ3v) is 3.64. The van der Waals surface area contributed by atoms with E-state index >= 15 is 0 Å². The number of aromatic amines is 1. The monoisotopic (exact) mass is 272 g/mol. The summed E-state index contributed by atoms with van der Waals surface area (Å²) in [6.07, 6.45) is 5.62. The van der Waals surface area contributed by atoms with E-state index in [1.54, 1.807) is 6.33 Å². The maximum Gasteiger partial charge on any atom is 0.128 e. The second-order valence-corrected chi connectivity index (χ2v) is 4.71. The van der Waals surface area contributed by atoms with Gasteiger partial charge >= 0.3 is 0 Å². The molecule has 4 nitrogen and oxygen atoms in total. The van der Waals surface area contributed by atoms with Gasteiger partial charge < -0.3 is 10.7 Å². The third-order valence-electron chi connectivity index (χ3n) is 3.01. The summed E-state index contributed by atoms with van der Waals surface area (Å²) < 4.78 is 0.892. The quantitative estimate of drug-likeness (QED) is 0.880. The van der Waals surface area contributed by atoms with Crippen LogP contribution in [0.1, 0.15) is 31.0 Å². The summed E-state index contributed by atoms with van der Waals surface area (Å²) >= 11 is 3.45. The topological polar surface area (TPSA) is 57.9 Å². The molecular formula is C10H17BrN4. The molecule has 0 aliphatic carbocycles. The fourth-order valence-electron chi connectivity index (χ4n) is 2.20. The zero-order valence-electron chi connectivity index (χ0n) is 8.75. The first-order valence-corrected chi connectivity index (χ1v) is 6.25. The van der Waals surface area contributed by atoms with Gasteiger partial charge in [0.25, 0.3) is 0 Å². The fraction of sp³-hybridized carbons (Fsp3) is 0.700. The Hall–Kier alpha value is -0.390. The molecule has 1 aromatic heterocycles.